The average molecular weight is 447 g/mol. The van der Waals surface area contributed by atoms with Crippen LogP contribution in [0.15, 0.2) is 90.6 Å². The summed E-state index contributed by atoms with van der Waals surface area (Å²) in [7, 11) is 0. The molecule has 4 nitrogen and oxygen atoms in total. The third kappa shape index (κ3) is 3.67. The summed E-state index contributed by atoms with van der Waals surface area (Å²) < 4.78 is 0. The Morgan fingerprint density at radius 3 is 2.24 bits per heavy atom. The van der Waals surface area contributed by atoms with Crippen molar-refractivity contribution in [1.82, 2.24) is 0 Å². The van der Waals surface area contributed by atoms with Gasteiger partial charge in [-0.15, -0.1) is 0 Å². The van der Waals surface area contributed by atoms with Gasteiger partial charge in [0.2, 0.25) is 0 Å². The largest absolute Gasteiger partial charge is 0.350 e. The molecule has 0 fully saturated rings. The highest BCUT2D eigenvalue weighted by molar-refractivity contribution is 6.46. The minimum absolute atomic E-state index is 0.296. The second-order valence-corrected chi connectivity index (χ2v) is 8.67. The lowest BCUT2D eigenvalue weighted by atomic mass is 9.99. The van der Waals surface area contributed by atoms with Gasteiger partial charge in [-0.1, -0.05) is 73.7 Å². The van der Waals surface area contributed by atoms with E-state index >= 15 is 0 Å². The van der Waals surface area contributed by atoms with Crippen LogP contribution in [-0.4, -0.2) is 11.8 Å². The number of nitrogens with one attached hydrogen (secondary N) is 1. The number of carbonyl (C=O) groups excluding carboxylic acids is 2. The molecule has 0 bridgehead atoms. The van der Waals surface area contributed by atoms with Gasteiger partial charge >= 0.3 is 0 Å². The number of amides is 2. The van der Waals surface area contributed by atoms with Crippen molar-refractivity contribution in [2.45, 2.75) is 27.2 Å². The first-order valence-corrected chi connectivity index (χ1v) is 11.5. The van der Waals surface area contributed by atoms with E-state index in [0.29, 0.717) is 17.0 Å². The summed E-state index contributed by atoms with van der Waals surface area (Å²) in [5.74, 6) is -0.671. The van der Waals surface area contributed by atoms with E-state index in [1.54, 1.807) is 0 Å². The Balaban J connectivity index is 1.65. The van der Waals surface area contributed by atoms with Gasteiger partial charge in [0.05, 0.1) is 11.3 Å². The highest BCUT2D eigenvalue weighted by Crippen LogP contribution is 2.35. The molecular formula is C30H26N2O2. The van der Waals surface area contributed by atoms with E-state index in [-0.39, 0.29) is 11.8 Å². The zero-order valence-electron chi connectivity index (χ0n) is 19.6. The van der Waals surface area contributed by atoms with Gasteiger partial charge < -0.3 is 5.32 Å². The summed E-state index contributed by atoms with van der Waals surface area (Å²) in [6.07, 6.45) is 0.891. The second-order valence-electron chi connectivity index (χ2n) is 8.67. The van der Waals surface area contributed by atoms with Crippen LogP contribution in [0.1, 0.15) is 29.2 Å². The van der Waals surface area contributed by atoms with E-state index in [2.05, 4.69) is 12.2 Å². The number of carbonyl (C=O) groups is 2. The molecule has 1 aliphatic heterocycles. The smallest absolute Gasteiger partial charge is 0.282 e. The molecule has 4 aromatic rings. The fourth-order valence-electron chi connectivity index (χ4n) is 4.39. The van der Waals surface area contributed by atoms with E-state index in [0.717, 1.165) is 45.1 Å². The molecular weight excluding hydrogens is 420 g/mol. The minimum Gasteiger partial charge on any atom is -0.350 e. The molecule has 34 heavy (non-hydrogen) atoms. The molecule has 168 valence electrons. The molecule has 4 aromatic carbocycles. The SMILES string of the molecule is CCc1ccc(N2C(=O)C(Nc3cccc4ccccc34)=C(c3ccc(C)c(C)c3)C2=O)cc1. The third-order valence-corrected chi connectivity index (χ3v) is 6.53. The molecule has 5 rings (SSSR count). The van der Waals surface area contributed by atoms with Crippen molar-refractivity contribution in [3.05, 3.63) is 113 Å². The van der Waals surface area contributed by atoms with Crippen LogP contribution < -0.4 is 10.2 Å². The number of fused-ring (bicyclic) bond motifs is 1. The second kappa shape index (κ2) is 8.64. The summed E-state index contributed by atoms with van der Waals surface area (Å²) in [6, 6.07) is 27.4. The molecule has 1 heterocycles. The molecule has 0 aliphatic carbocycles. The van der Waals surface area contributed by atoms with Gasteiger partial charge in [0.25, 0.3) is 11.8 Å². The summed E-state index contributed by atoms with van der Waals surface area (Å²) in [4.78, 5) is 28.7. The molecule has 4 heteroatoms. The third-order valence-electron chi connectivity index (χ3n) is 6.53. The summed E-state index contributed by atoms with van der Waals surface area (Å²) >= 11 is 0. The predicted molar refractivity (Wildman–Crippen MR) is 139 cm³/mol. The minimum atomic E-state index is -0.351. The highest BCUT2D eigenvalue weighted by Gasteiger charge is 2.40. The lowest BCUT2D eigenvalue weighted by Gasteiger charge is -2.16. The standard InChI is InChI=1S/C30H26N2O2/c1-4-21-13-16-24(17-14-21)32-29(33)27(23-15-12-19(2)20(3)18-23)28(30(32)34)31-26-11-7-9-22-8-5-6-10-25(22)26/h5-18,31H,4H2,1-3H3. The number of imide groups is 1. The Morgan fingerprint density at radius 1 is 0.765 bits per heavy atom. The molecule has 0 atom stereocenters. The maximum Gasteiger partial charge on any atom is 0.282 e. The zero-order chi connectivity index (χ0) is 23.8. The summed E-state index contributed by atoms with van der Waals surface area (Å²) in [5.41, 5.74) is 6.14. The van der Waals surface area contributed by atoms with Crippen LogP contribution in [0, 0.1) is 13.8 Å². The van der Waals surface area contributed by atoms with Crippen LogP contribution in [0.25, 0.3) is 16.3 Å². The maximum absolute atomic E-state index is 13.7. The number of nitrogens with zero attached hydrogens (tertiary/aromatic N) is 1. The van der Waals surface area contributed by atoms with Crippen molar-refractivity contribution in [1.29, 1.82) is 0 Å². The van der Waals surface area contributed by atoms with Gasteiger partial charge in [-0.3, -0.25) is 9.59 Å². The Hall–Kier alpha value is -4.18. The van der Waals surface area contributed by atoms with Gasteiger partial charge in [-0.05, 0) is 66.1 Å². The number of rotatable bonds is 5. The Labute approximate surface area is 199 Å². The number of benzene rings is 4. The lowest BCUT2D eigenvalue weighted by molar-refractivity contribution is -0.120. The van der Waals surface area contributed by atoms with Crippen LogP contribution in [-0.2, 0) is 16.0 Å². The summed E-state index contributed by atoms with van der Waals surface area (Å²) in [6.45, 7) is 6.12. The Kier molecular flexibility index (Phi) is 5.50. The lowest BCUT2D eigenvalue weighted by Crippen LogP contribution is -2.32. The van der Waals surface area contributed by atoms with Crippen molar-refractivity contribution in [2.24, 2.45) is 0 Å². The normalized spacial score (nSPS) is 13.8. The fraction of sp³-hybridized carbons (Fsp3) is 0.133. The molecule has 1 N–H and O–H groups in total. The van der Waals surface area contributed by atoms with Crippen LogP contribution in [0.4, 0.5) is 11.4 Å². The van der Waals surface area contributed by atoms with Gasteiger partial charge in [0, 0.05) is 11.1 Å². The topological polar surface area (TPSA) is 49.4 Å². The van der Waals surface area contributed by atoms with Gasteiger partial charge in [-0.2, -0.15) is 0 Å². The van der Waals surface area contributed by atoms with E-state index in [9.17, 15) is 9.59 Å². The molecule has 0 radical (unpaired) electrons. The molecule has 2 amide bonds. The van der Waals surface area contributed by atoms with Crippen molar-refractivity contribution in [3.63, 3.8) is 0 Å². The molecule has 0 saturated heterocycles. The van der Waals surface area contributed by atoms with Crippen molar-refractivity contribution >= 4 is 39.5 Å². The number of hydrogen-bond acceptors (Lipinski definition) is 3. The Bertz CT molecular complexity index is 1460. The van der Waals surface area contributed by atoms with Crippen LogP contribution in [0.3, 0.4) is 0 Å². The first-order chi connectivity index (χ1) is 16.5. The van der Waals surface area contributed by atoms with Gasteiger partial charge in [0.1, 0.15) is 5.70 Å². The Morgan fingerprint density at radius 2 is 1.50 bits per heavy atom. The van der Waals surface area contributed by atoms with Crippen molar-refractivity contribution in [2.75, 3.05) is 10.2 Å². The molecule has 1 aliphatic rings. The molecule has 0 unspecified atom stereocenters. The number of aryl methyl sites for hydroxylation is 3. The number of hydrogen-bond donors (Lipinski definition) is 1. The quantitative estimate of drug-likeness (QED) is 0.360. The van der Waals surface area contributed by atoms with Gasteiger partial charge in [0.15, 0.2) is 0 Å². The summed E-state index contributed by atoms with van der Waals surface area (Å²) in [5, 5.41) is 5.39. The average Bonchev–Trinajstić information content (AvgIpc) is 3.10. The maximum atomic E-state index is 13.7. The van der Waals surface area contributed by atoms with Crippen molar-refractivity contribution in [3.8, 4) is 0 Å². The first kappa shape index (κ1) is 21.7. The van der Waals surface area contributed by atoms with Gasteiger partial charge in [-0.25, -0.2) is 4.90 Å². The van der Waals surface area contributed by atoms with Crippen molar-refractivity contribution < 1.29 is 9.59 Å². The van der Waals surface area contributed by atoms with E-state index in [1.807, 2.05) is 98.8 Å². The number of anilines is 2. The van der Waals surface area contributed by atoms with E-state index < -0.39 is 0 Å². The van der Waals surface area contributed by atoms with E-state index in [1.165, 1.54) is 4.90 Å². The fourth-order valence-corrected chi connectivity index (χ4v) is 4.39. The monoisotopic (exact) mass is 446 g/mol. The highest BCUT2D eigenvalue weighted by atomic mass is 16.2. The van der Waals surface area contributed by atoms with Crippen LogP contribution >= 0.6 is 0 Å². The zero-order valence-corrected chi connectivity index (χ0v) is 19.6. The predicted octanol–water partition coefficient (Wildman–Crippen LogP) is 6.42. The van der Waals surface area contributed by atoms with Crippen LogP contribution in [0.2, 0.25) is 0 Å². The first-order valence-electron chi connectivity index (χ1n) is 11.5. The van der Waals surface area contributed by atoms with Crippen LogP contribution in [0.5, 0.6) is 0 Å². The molecule has 0 aromatic heterocycles. The molecule has 0 saturated carbocycles. The molecule has 0 spiro atoms. The van der Waals surface area contributed by atoms with E-state index in [4.69, 9.17) is 0 Å².